The molecule has 2 aromatic rings. The molecule has 0 radical (unpaired) electrons. The van der Waals surface area contributed by atoms with Crippen LogP contribution in [0.2, 0.25) is 0 Å². The molecule has 162 valence electrons. The van der Waals surface area contributed by atoms with Crippen LogP contribution in [0.25, 0.3) is 0 Å². The molecule has 2 aromatic carbocycles. The second kappa shape index (κ2) is 9.44. The van der Waals surface area contributed by atoms with Gasteiger partial charge in [-0.05, 0) is 43.0 Å². The maximum absolute atomic E-state index is 13.9. The van der Waals surface area contributed by atoms with E-state index in [1.807, 2.05) is 0 Å². The lowest BCUT2D eigenvalue weighted by molar-refractivity contribution is 0.0687. The minimum atomic E-state index is -3.80. The van der Waals surface area contributed by atoms with Crippen molar-refractivity contribution in [1.29, 1.82) is 0 Å². The summed E-state index contributed by atoms with van der Waals surface area (Å²) in [5.74, 6) is -0.163. The van der Waals surface area contributed by atoms with Crippen LogP contribution in [0.3, 0.4) is 0 Å². The lowest BCUT2D eigenvalue weighted by Gasteiger charge is -2.32. The van der Waals surface area contributed by atoms with Gasteiger partial charge < -0.3 is 14.4 Å². The van der Waals surface area contributed by atoms with Crippen molar-refractivity contribution < 1.29 is 27.1 Å². The average Bonchev–Trinajstić information content (AvgIpc) is 2.77. The number of ether oxygens (including phenoxy) is 2. The predicted molar refractivity (Wildman–Crippen MR) is 110 cm³/mol. The molecule has 3 rings (SSSR count). The Kier molecular flexibility index (Phi) is 6.94. The molecular weight excluding hydrogens is 411 g/mol. The number of amides is 1. The summed E-state index contributed by atoms with van der Waals surface area (Å²) in [4.78, 5) is 14.1. The Hall–Kier alpha value is -2.65. The molecule has 0 unspecified atom stereocenters. The van der Waals surface area contributed by atoms with Gasteiger partial charge in [-0.3, -0.25) is 4.79 Å². The highest BCUT2D eigenvalue weighted by Gasteiger charge is 2.27. The van der Waals surface area contributed by atoms with Gasteiger partial charge in [0.15, 0.2) is 0 Å². The second-order valence-corrected chi connectivity index (χ2v) is 8.82. The van der Waals surface area contributed by atoms with E-state index >= 15 is 0 Å². The smallest absolute Gasteiger partial charge is 0.256 e. The zero-order valence-electron chi connectivity index (χ0n) is 16.9. The third-order valence-corrected chi connectivity index (χ3v) is 6.67. The van der Waals surface area contributed by atoms with Gasteiger partial charge in [0.25, 0.3) is 5.91 Å². The quantitative estimate of drug-likeness (QED) is 0.721. The molecule has 7 nitrogen and oxygen atoms in total. The number of likely N-dealkylation sites (tertiary alicyclic amines) is 1. The third kappa shape index (κ3) is 4.91. The normalized spacial score (nSPS) is 15.1. The molecule has 9 heteroatoms. The van der Waals surface area contributed by atoms with E-state index < -0.39 is 15.8 Å². The monoisotopic (exact) mass is 436 g/mol. The van der Waals surface area contributed by atoms with Crippen molar-refractivity contribution in [3.05, 3.63) is 53.8 Å². The molecular formula is C21H25FN2O5S. The minimum Gasteiger partial charge on any atom is -0.497 e. The van der Waals surface area contributed by atoms with Crippen LogP contribution in [0.15, 0.2) is 47.4 Å². The molecule has 1 amide bonds. The first-order valence-electron chi connectivity index (χ1n) is 9.61. The molecule has 0 aliphatic carbocycles. The molecule has 1 N–H and O–H groups in total. The first kappa shape index (κ1) is 22.0. The summed E-state index contributed by atoms with van der Waals surface area (Å²) in [5.41, 5.74) is 0.0572. The lowest BCUT2D eigenvalue weighted by Crippen LogP contribution is -2.41. The van der Waals surface area contributed by atoms with Crippen LogP contribution in [-0.2, 0) is 10.0 Å². The summed E-state index contributed by atoms with van der Waals surface area (Å²) >= 11 is 0. The van der Waals surface area contributed by atoms with Gasteiger partial charge in [-0.15, -0.1) is 0 Å². The predicted octanol–water partition coefficient (Wildman–Crippen LogP) is 2.67. The van der Waals surface area contributed by atoms with Crippen LogP contribution < -0.4 is 14.2 Å². The van der Waals surface area contributed by atoms with Crippen LogP contribution >= 0.6 is 0 Å². The number of nitrogens with zero attached hydrogens (tertiary/aromatic N) is 1. The molecule has 0 atom stereocenters. The van der Waals surface area contributed by atoms with Crippen molar-refractivity contribution in [2.75, 3.05) is 33.9 Å². The number of methoxy groups -OCH3 is 2. The van der Waals surface area contributed by atoms with Crippen molar-refractivity contribution in [2.24, 2.45) is 5.92 Å². The number of sulfonamides is 1. The Labute approximate surface area is 175 Å². The molecule has 0 aromatic heterocycles. The number of carbonyl (C=O) groups excluding carboxylic acids is 1. The van der Waals surface area contributed by atoms with E-state index in [0.29, 0.717) is 31.7 Å². The number of piperidine rings is 1. The van der Waals surface area contributed by atoms with Crippen LogP contribution in [0.4, 0.5) is 4.39 Å². The number of benzene rings is 2. The summed E-state index contributed by atoms with van der Waals surface area (Å²) < 4.78 is 52.3. The van der Waals surface area contributed by atoms with Gasteiger partial charge in [0.2, 0.25) is 10.0 Å². The number of hydrogen-bond donors (Lipinski definition) is 1. The topological polar surface area (TPSA) is 84.9 Å². The van der Waals surface area contributed by atoms with Gasteiger partial charge in [-0.25, -0.2) is 17.5 Å². The molecule has 1 aliphatic rings. The van der Waals surface area contributed by atoms with E-state index in [4.69, 9.17) is 9.47 Å². The van der Waals surface area contributed by atoms with Crippen LogP contribution in [0.5, 0.6) is 11.5 Å². The van der Waals surface area contributed by atoms with E-state index in [1.54, 1.807) is 29.2 Å². The summed E-state index contributed by atoms with van der Waals surface area (Å²) in [6.45, 7) is 1.13. The average molecular weight is 437 g/mol. The Morgan fingerprint density at radius 3 is 2.47 bits per heavy atom. The fourth-order valence-corrected chi connectivity index (χ4v) is 4.74. The molecule has 1 aliphatic heterocycles. The number of halogens is 1. The molecule has 1 heterocycles. The third-order valence-electron chi connectivity index (χ3n) is 5.23. The van der Waals surface area contributed by atoms with Gasteiger partial charge in [0.1, 0.15) is 22.2 Å². The molecule has 0 spiro atoms. The van der Waals surface area contributed by atoms with E-state index in [2.05, 4.69) is 4.72 Å². The van der Waals surface area contributed by atoms with E-state index in [9.17, 15) is 17.6 Å². The molecule has 0 bridgehead atoms. The number of hydrogen-bond acceptors (Lipinski definition) is 5. The summed E-state index contributed by atoms with van der Waals surface area (Å²) in [6.07, 6.45) is 1.25. The van der Waals surface area contributed by atoms with E-state index in [0.717, 1.165) is 0 Å². The van der Waals surface area contributed by atoms with Gasteiger partial charge in [0, 0.05) is 25.7 Å². The fourth-order valence-electron chi connectivity index (χ4n) is 3.44. The number of nitrogens with one attached hydrogen (secondary N) is 1. The van der Waals surface area contributed by atoms with Gasteiger partial charge in [0.05, 0.1) is 19.8 Å². The summed E-state index contributed by atoms with van der Waals surface area (Å²) in [5, 5.41) is 0. The Balaban J connectivity index is 1.59. The van der Waals surface area contributed by atoms with Crippen LogP contribution in [-0.4, -0.2) is 53.1 Å². The largest absolute Gasteiger partial charge is 0.497 e. The van der Waals surface area contributed by atoms with E-state index in [1.165, 1.54) is 32.4 Å². The standard InChI is InChI=1S/C21H25FN2O5S/c1-28-16-7-8-19(29-2)20(13-16)30(26,27)23-14-15-9-11-24(12-10-15)21(25)17-5-3-4-6-18(17)22/h3-8,13,15,23H,9-12,14H2,1-2H3. The fraction of sp³-hybridized carbons (Fsp3) is 0.381. The Morgan fingerprint density at radius 2 is 1.83 bits per heavy atom. The van der Waals surface area contributed by atoms with Gasteiger partial charge >= 0.3 is 0 Å². The van der Waals surface area contributed by atoms with Crippen molar-refractivity contribution in [3.63, 3.8) is 0 Å². The highest BCUT2D eigenvalue weighted by Crippen LogP contribution is 2.28. The highest BCUT2D eigenvalue weighted by atomic mass is 32.2. The zero-order chi connectivity index (χ0) is 21.7. The van der Waals surface area contributed by atoms with Crippen molar-refractivity contribution >= 4 is 15.9 Å². The SMILES string of the molecule is COc1ccc(OC)c(S(=O)(=O)NCC2CCN(C(=O)c3ccccc3F)CC2)c1. The minimum absolute atomic E-state index is 0.0107. The number of rotatable bonds is 7. The highest BCUT2D eigenvalue weighted by molar-refractivity contribution is 7.89. The summed E-state index contributed by atoms with van der Waals surface area (Å²) in [6, 6.07) is 10.5. The van der Waals surface area contributed by atoms with Crippen molar-refractivity contribution in [1.82, 2.24) is 9.62 Å². The Morgan fingerprint density at radius 1 is 1.13 bits per heavy atom. The zero-order valence-corrected chi connectivity index (χ0v) is 17.7. The van der Waals surface area contributed by atoms with Crippen LogP contribution in [0.1, 0.15) is 23.2 Å². The first-order valence-corrected chi connectivity index (χ1v) is 11.1. The first-order chi connectivity index (χ1) is 14.4. The lowest BCUT2D eigenvalue weighted by atomic mass is 9.96. The molecule has 1 saturated heterocycles. The Bertz CT molecular complexity index is 1000. The van der Waals surface area contributed by atoms with E-state index in [-0.39, 0.29) is 34.6 Å². The molecule has 1 fully saturated rings. The number of carbonyl (C=O) groups is 1. The molecule has 0 saturated carbocycles. The van der Waals surface area contributed by atoms with Gasteiger partial charge in [-0.1, -0.05) is 12.1 Å². The molecule has 30 heavy (non-hydrogen) atoms. The maximum atomic E-state index is 13.9. The summed E-state index contributed by atoms with van der Waals surface area (Å²) in [7, 11) is -0.932. The maximum Gasteiger partial charge on any atom is 0.256 e. The van der Waals surface area contributed by atoms with Crippen molar-refractivity contribution in [2.45, 2.75) is 17.7 Å². The van der Waals surface area contributed by atoms with Crippen LogP contribution in [0, 0.1) is 11.7 Å². The second-order valence-electron chi connectivity index (χ2n) is 7.08. The van der Waals surface area contributed by atoms with Gasteiger partial charge in [-0.2, -0.15) is 0 Å². The van der Waals surface area contributed by atoms with Crippen molar-refractivity contribution in [3.8, 4) is 11.5 Å².